The van der Waals surface area contributed by atoms with Gasteiger partial charge in [-0.3, -0.25) is 19.5 Å². The number of fused-ring (bicyclic) bond motifs is 1. The van der Waals surface area contributed by atoms with E-state index in [1.54, 1.807) is 24.0 Å². The number of amides is 2. The fraction of sp³-hybridized carbons (Fsp3) is 0.371. The Labute approximate surface area is 307 Å². The van der Waals surface area contributed by atoms with Crippen LogP contribution in [0.5, 0.6) is 5.75 Å². The van der Waals surface area contributed by atoms with E-state index in [1.807, 2.05) is 6.07 Å². The largest absolute Gasteiger partial charge is 0.504 e. The van der Waals surface area contributed by atoms with Gasteiger partial charge in [-0.15, -0.1) is 0 Å². The number of hydrogen-bond acceptors (Lipinski definition) is 10. The maximum Gasteiger partial charge on any atom is 0.416 e. The van der Waals surface area contributed by atoms with Gasteiger partial charge in [-0.2, -0.15) is 13.2 Å². The number of piperazine rings is 1. The predicted molar refractivity (Wildman–Crippen MR) is 193 cm³/mol. The van der Waals surface area contributed by atoms with Gasteiger partial charge in [-0.05, 0) is 50.5 Å². The van der Waals surface area contributed by atoms with Crippen molar-refractivity contribution >= 4 is 40.5 Å². The van der Waals surface area contributed by atoms with Gasteiger partial charge in [0.2, 0.25) is 5.91 Å². The highest BCUT2D eigenvalue weighted by Gasteiger charge is 2.31. The number of H-pyrrole nitrogens is 1. The van der Waals surface area contributed by atoms with Crippen molar-refractivity contribution in [3.63, 3.8) is 0 Å². The molecule has 0 aliphatic carbocycles. The van der Waals surface area contributed by atoms with Crippen LogP contribution in [0.2, 0.25) is 5.02 Å². The number of carbonyl (C=O) groups is 2. The van der Waals surface area contributed by atoms with Crippen LogP contribution in [0.1, 0.15) is 37.1 Å². The molecule has 282 valence electrons. The van der Waals surface area contributed by atoms with Crippen LogP contribution in [-0.4, -0.2) is 87.1 Å². The number of alkyl halides is 3. The van der Waals surface area contributed by atoms with E-state index in [0.29, 0.717) is 36.1 Å². The maximum absolute atomic E-state index is 14.7. The van der Waals surface area contributed by atoms with E-state index in [-0.39, 0.29) is 66.2 Å². The van der Waals surface area contributed by atoms with Crippen LogP contribution in [-0.2, 0) is 35.2 Å². The number of aryl methyl sites for hydroxylation is 1. The van der Waals surface area contributed by atoms with E-state index in [1.165, 1.54) is 25.2 Å². The summed E-state index contributed by atoms with van der Waals surface area (Å²) in [6.07, 6.45) is -1.63. The van der Waals surface area contributed by atoms with Gasteiger partial charge in [-0.1, -0.05) is 30.7 Å². The Morgan fingerprint density at radius 1 is 1.13 bits per heavy atom. The number of aliphatic hydroxyl groups excluding tert-OH is 1. The molecule has 14 nitrogen and oxygen atoms in total. The molecule has 53 heavy (non-hydrogen) atoms. The molecule has 0 atom stereocenters. The molecule has 0 unspecified atom stereocenters. The van der Waals surface area contributed by atoms with E-state index in [2.05, 4.69) is 25.7 Å². The van der Waals surface area contributed by atoms with Crippen molar-refractivity contribution in [2.45, 2.75) is 45.8 Å². The molecule has 1 fully saturated rings. The van der Waals surface area contributed by atoms with E-state index >= 15 is 0 Å². The van der Waals surface area contributed by atoms with Gasteiger partial charge in [-0.25, -0.2) is 14.6 Å². The average molecular weight is 758 g/mol. The summed E-state index contributed by atoms with van der Waals surface area (Å²) < 4.78 is 46.6. The topological polar surface area (TPSA) is 182 Å². The molecule has 2 aliphatic rings. The molecule has 0 radical (unpaired) electrons. The van der Waals surface area contributed by atoms with Crippen molar-refractivity contribution in [2.24, 2.45) is 0 Å². The molecular weight excluding hydrogens is 719 g/mol. The SMILES string of the molecule is CCc1ncnc(-c2cccc3c2CCCO3)[nH]n(CC(=O)Nc2ccc(C(F)(F)F)cc2Cl)c(=O)c1N1CCN(C(=O)/C(NC)=C(\O)C(C)=N)CC1. The Hall–Kier alpha value is -5.58. The second kappa shape index (κ2) is 16.4. The fourth-order valence-electron chi connectivity index (χ4n) is 6.04. The number of halogens is 4. The predicted octanol–water partition coefficient (Wildman–Crippen LogP) is 4.63. The number of aliphatic hydroxyl groups is 1. The van der Waals surface area contributed by atoms with Crippen molar-refractivity contribution < 1.29 is 32.6 Å². The molecule has 5 rings (SSSR count). The van der Waals surface area contributed by atoms with Crippen LogP contribution < -0.4 is 25.8 Å². The zero-order chi connectivity index (χ0) is 38.4. The van der Waals surface area contributed by atoms with E-state index in [0.717, 1.165) is 28.8 Å². The molecular formula is C35H39ClF3N9O5. The molecule has 1 saturated heterocycles. The summed E-state index contributed by atoms with van der Waals surface area (Å²) in [4.78, 5) is 53.8. The van der Waals surface area contributed by atoms with Crippen molar-refractivity contribution in [3.8, 4) is 17.1 Å². The number of hydrogen-bond donors (Lipinski definition) is 5. The Balaban J connectivity index is 1.58. The van der Waals surface area contributed by atoms with Crippen LogP contribution >= 0.6 is 11.6 Å². The van der Waals surface area contributed by atoms with Crippen molar-refractivity contribution in [1.29, 1.82) is 5.41 Å². The quantitative estimate of drug-likeness (QED) is 0.118. The van der Waals surface area contributed by atoms with Gasteiger partial charge in [0.25, 0.3) is 11.5 Å². The van der Waals surface area contributed by atoms with Crippen molar-refractivity contribution in [1.82, 2.24) is 30.0 Å². The first-order valence-corrected chi connectivity index (χ1v) is 17.2. The third-order valence-electron chi connectivity index (χ3n) is 8.73. The van der Waals surface area contributed by atoms with Crippen LogP contribution in [0.15, 0.2) is 59.0 Å². The standard InChI is InChI=1S/C35H39ClF3N9O5/c1-4-25-30(46-12-14-47(15-13-46)33(51)29(41-3)31(50)20(2)40)34(52)48(18-28(49)44-26-11-10-21(17-24(26)36)35(37,38)39)45-32(43-19-42-25)23-7-5-9-27-22(23)8-6-16-53-27/h5,7,9-11,17,19,40-41,50H,4,6,8,12-16,18H2,1-3H3,(H,44,49)(H,42,43,45)/b30-25?,31-29+,40-20?. The number of anilines is 2. The van der Waals surface area contributed by atoms with Crippen LogP contribution in [0.4, 0.5) is 24.5 Å². The zero-order valence-electron chi connectivity index (χ0n) is 29.2. The highest BCUT2D eigenvalue weighted by molar-refractivity contribution is 6.33. The number of carbonyl (C=O) groups excluding carboxylic acids is 2. The lowest BCUT2D eigenvalue weighted by molar-refractivity contribution is -0.137. The van der Waals surface area contributed by atoms with Gasteiger partial charge >= 0.3 is 6.18 Å². The molecule has 0 spiro atoms. The van der Waals surface area contributed by atoms with Crippen LogP contribution in [0.25, 0.3) is 11.4 Å². The highest BCUT2D eigenvalue weighted by atomic mass is 35.5. The minimum atomic E-state index is -4.64. The number of aromatic amines is 1. The number of nitrogens with one attached hydrogen (secondary N) is 4. The van der Waals surface area contributed by atoms with Gasteiger partial charge in [0.15, 0.2) is 11.6 Å². The molecule has 2 amide bonds. The van der Waals surface area contributed by atoms with Gasteiger partial charge in [0.05, 0.1) is 34.3 Å². The number of rotatable bonds is 9. The summed E-state index contributed by atoms with van der Waals surface area (Å²) in [6.45, 7) is 3.70. The summed E-state index contributed by atoms with van der Waals surface area (Å²) in [6, 6.07) is 7.92. The van der Waals surface area contributed by atoms with Crippen molar-refractivity contribution in [3.05, 3.63) is 86.4 Å². The molecule has 2 aliphatic heterocycles. The lowest BCUT2D eigenvalue weighted by atomic mass is 9.99. The smallest absolute Gasteiger partial charge is 0.416 e. The molecule has 0 saturated carbocycles. The van der Waals surface area contributed by atoms with E-state index < -0.39 is 41.4 Å². The maximum atomic E-state index is 14.7. The number of benzene rings is 2. The summed E-state index contributed by atoms with van der Waals surface area (Å²) in [5, 5.41) is 25.9. The highest BCUT2D eigenvalue weighted by Crippen LogP contribution is 2.34. The minimum absolute atomic E-state index is 0.0853. The molecule has 0 bridgehead atoms. The summed E-state index contributed by atoms with van der Waals surface area (Å²) in [5.41, 5.74) is -0.0974. The van der Waals surface area contributed by atoms with Gasteiger partial charge < -0.3 is 35.7 Å². The third-order valence-corrected chi connectivity index (χ3v) is 9.04. The number of ether oxygens (including phenoxy) is 1. The van der Waals surface area contributed by atoms with Crippen LogP contribution in [0, 0.1) is 5.41 Å². The van der Waals surface area contributed by atoms with Gasteiger partial charge in [0.1, 0.15) is 30.0 Å². The number of allylic oxidation sites excluding steroid dienone is 1. The number of aromatic nitrogens is 4. The van der Waals surface area contributed by atoms with Gasteiger partial charge in [0, 0.05) is 44.4 Å². The number of likely N-dealkylation sites (N-methyl/N-ethyl adjacent to an activating group) is 1. The van der Waals surface area contributed by atoms with Crippen LogP contribution in [0.3, 0.4) is 0 Å². The molecule has 5 N–H and O–H groups in total. The second-order valence-corrected chi connectivity index (χ2v) is 12.6. The monoisotopic (exact) mass is 757 g/mol. The minimum Gasteiger partial charge on any atom is -0.504 e. The fourth-order valence-corrected chi connectivity index (χ4v) is 6.26. The first-order chi connectivity index (χ1) is 25.2. The summed E-state index contributed by atoms with van der Waals surface area (Å²) in [7, 11) is 1.47. The summed E-state index contributed by atoms with van der Waals surface area (Å²) >= 11 is 6.12. The van der Waals surface area contributed by atoms with E-state index in [4.69, 9.17) is 21.7 Å². The second-order valence-electron chi connectivity index (χ2n) is 12.2. The molecule has 18 heteroatoms. The summed E-state index contributed by atoms with van der Waals surface area (Å²) in [5.74, 6) is -0.912. The first-order valence-electron chi connectivity index (χ1n) is 16.8. The van der Waals surface area contributed by atoms with Crippen molar-refractivity contribution in [2.75, 3.05) is 50.1 Å². The Morgan fingerprint density at radius 2 is 1.87 bits per heavy atom. The molecule has 3 heterocycles. The zero-order valence-corrected chi connectivity index (χ0v) is 30.0. The normalized spacial score (nSPS) is 14.7. The Bertz CT molecular complexity index is 2050. The molecule has 3 aromatic rings. The lowest BCUT2D eigenvalue weighted by Gasteiger charge is -2.36. The lowest BCUT2D eigenvalue weighted by Crippen LogP contribution is -2.52. The third kappa shape index (κ3) is 8.73. The van der Waals surface area contributed by atoms with E-state index in [9.17, 15) is 32.7 Å². The molecule has 1 aromatic heterocycles. The average Bonchev–Trinajstić information content (AvgIpc) is 3.19. The Morgan fingerprint density at radius 3 is 2.51 bits per heavy atom. The molecule has 2 aromatic carbocycles. The number of nitrogens with zero attached hydrogens (tertiary/aromatic N) is 5. The Kier molecular flexibility index (Phi) is 12.0. The first kappa shape index (κ1) is 38.6.